The standard InChI is InChI=1S/C41H64O13/c1-19-25(44)27(46)28(47)32(51-19)53-29-26(45)22(43)18-50-33(29)52-24-10-11-36(4)23(35(24,2)3)9-12-38(6)31(36)21(42)17-20-30-40(8,49)39(7)14-16-41(30,34(48)54-39)15-13-37(20,38)5/h19,21-29,31-33,42-47,49H,9-18H2,1-8H3/t19-,21-,22-,23-,24-,25-,26-,27+,28+,29+,31+,32-,33-,36-,37+,38+,39-,40-,41+/m0/s1. The summed E-state index contributed by atoms with van der Waals surface area (Å²) in [5.74, 6) is -0.158. The van der Waals surface area contributed by atoms with Gasteiger partial charge in [0, 0.05) is 0 Å². The topological polar surface area (TPSA) is 205 Å². The van der Waals surface area contributed by atoms with E-state index in [-0.39, 0.29) is 46.8 Å². The highest BCUT2D eigenvalue weighted by Crippen LogP contribution is 2.77. The van der Waals surface area contributed by atoms with Crippen molar-refractivity contribution in [2.45, 2.75) is 192 Å². The van der Waals surface area contributed by atoms with Crippen LogP contribution in [0.4, 0.5) is 0 Å². The summed E-state index contributed by atoms with van der Waals surface area (Å²) in [7, 11) is 0. The van der Waals surface area contributed by atoms with Crippen LogP contribution in [0.2, 0.25) is 0 Å². The Hall–Kier alpha value is -1.23. The summed E-state index contributed by atoms with van der Waals surface area (Å²) in [4.78, 5) is 13.7. The van der Waals surface area contributed by atoms with Gasteiger partial charge >= 0.3 is 5.97 Å². The lowest BCUT2D eigenvalue weighted by atomic mass is 9.33. The van der Waals surface area contributed by atoms with Gasteiger partial charge in [0.2, 0.25) is 0 Å². The van der Waals surface area contributed by atoms with Gasteiger partial charge in [-0.3, -0.25) is 4.79 Å². The molecule has 4 saturated carbocycles. The molecule has 0 unspecified atom stereocenters. The van der Waals surface area contributed by atoms with E-state index in [1.807, 2.05) is 13.8 Å². The number of esters is 1. The number of carbonyl (C=O) groups is 1. The fraction of sp³-hybridized carbons (Fsp3) is 0.927. The molecule has 9 aliphatic rings. The van der Waals surface area contributed by atoms with Gasteiger partial charge < -0.3 is 59.4 Å². The first-order valence-electron chi connectivity index (χ1n) is 20.4. The highest BCUT2D eigenvalue weighted by molar-refractivity contribution is 5.86. The predicted molar refractivity (Wildman–Crippen MR) is 191 cm³/mol. The molecule has 1 spiro atoms. The smallest absolute Gasteiger partial charge is 0.316 e. The van der Waals surface area contributed by atoms with E-state index < -0.39 is 83.4 Å². The zero-order chi connectivity index (χ0) is 39.3. The second kappa shape index (κ2) is 12.4. The van der Waals surface area contributed by atoms with Gasteiger partial charge in [0.05, 0.1) is 30.3 Å². The first-order chi connectivity index (χ1) is 25.0. The van der Waals surface area contributed by atoms with Crippen LogP contribution in [0.1, 0.15) is 113 Å². The van der Waals surface area contributed by atoms with E-state index in [9.17, 15) is 40.5 Å². The molecule has 5 aliphatic carbocycles. The third kappa shape index (κ3) is 4.99. The Labute approximate surface area is 318 Å². The molecule has 0 aromatic carbocycles. The molecule has 8 fully saturated rings. The second-order valence-corrected chi connectivity index (χ2v) is 20.3. The van der Waals surface area contributed by atoms with Crippen molar-refractivity contribution in [2.75, 3.05) is 6.61 Å². The summed E-state index contributed by atoms with van der Waals surface area (Å²) in [5, 5.41) is 77.7. The fourth-order valence-corrected chi connectivity index (χ4v) is 14.0. The summed E-state index contributed by atoms with van der Waals surface area (Å²) in [5.41, 5.74) is -2.67. The van der Waals surface area contributed by atoms with Crippen LogP contribution in [-0.4, -0.2) is 127 Å². The van der Waals surface area contributed by atoms with Crippen molar-refractivity contribution >= 4 is 5.97 Å². The molecule has 19 atom stereocenters. The minimum absolute atomic E-state index is 0.0617. The molecule has 0 aromatic rings. The van der Waals surface area contributed by atoms with Crippen LogP contribution < -0.4 is 0 Å². The van der Waals surface area contributed by atoms with E-state index in [0.717, 1.165) is 36.8 Å². The van der Waals surface area contributed by atoms with Crippen molar-refractivity contribution in [1.82, 2.24) is 0 Å². The highest BCUT2D eigenvalue weighted by Gasteiger charge is 2.75. The van der Waals surface area contributed by atoms with Crippen LogP contribution in [0.3, 0.4) is 0 Å². The summed E-state index contributed by atoms with van der Waals surface area (Å²) in [6.45, 7) is 16.4. The maximum absolute atomic E-state index is 13.7. The third-order valence-electron chi connectivity index (χ3n) is 17.5. The average molecular weight is 765 g/mol. The van der Waals surface area contributed by atoms with E-state index in [0.29, 0.717) is 32.1 Å². The lowest BCUT2D eigenvalue weighted by Gasteiger charge is -2.73. The van der Waals surface area contributed by atoms with E-state index in [4.69, 9.17) is 23.7 Å². The van der Waals surface area contributed by atoms with Crippen LogP contribution in [0, 0.1) is 38.9 Å². The van der Waals surface area contributed by atoms with Gasteiger partial charge in [0.1, 0.15) is 47.8 Å². The third-order valence-corrected chi connectivity index (χ3v) is 17.5. The zero-order valence-corrected chi connectivity index (χ0v) is 33.2. The summed E-state index contributed by atoms with van der Waals surface area (Å²) < 4.78 is 30.4. The number of rotatable bonds is 4. The number of hydrogen-bond acceptors (Lipinski definition) is 13. The lowest BCUT2D eigenvalue weighted by molar-refractivity contribution is -0.365. The normalized spacial score (nSPS) is 58.1. The van der Waals surface area contributed by atoms with Gasteiger partial charge in [0.15, 0.2) is 12.6 Å². The molecule has 7 N–H and O–H groups in total. The van der Waals surface area contributed by atoms with Crippen molar-refractivity contribution in [3.05, 3.63) is 11.1 Å². The van der Waals surface area contributed by atoms with Crippen LogP contribution in [0.5, 0.6) is 0 Å². The molecule has 13 heteroatoms. The molecule has 13 nitrogen and oxygen atoms in total. The van der Waals surface area contributed by atoms with Crippen molar-refractivity contribution < 1.29 is 64.2 Å². The van der Waals surface area contributed by atoms with E-state index in [1.54, 1.807) is 0 Å². The molecule has 306 valence electrons. The molecule has 9 rings (SSSR count). The first-order valence-corrected chi connectivity index (χ1v) is 20.4. The second-order valence-electron chi connectivity index (χ2n) is 20.3. The van der Waals surface area contributed by atoms with E-state index >= 15 is 0 Å². The molecule has 2 bridgehead atoms. The van der Waals surface area contributed by atoms with Gasteiger partial charge in [-0.05, 0) is 118 Å². The Balaban J connectivity index is 1.07. The Morgan fingerprint density at radius 1 is 0.741 bits per heavy atom. The van der Waals surface area contributed by atoms with Crippen LogP contribution >= 0.6 is 0 Å². The van der Waals surface area contributed by atoms with Crippen LogP contribution in [0.15, 0.2) is 11.1 Å². The van der Waals surface area contributed by atoms with Gasteiger partial charge in [-0.25, -0.2) is 0 Å². The van der Waals surface area contributed by atoms with Gasteiger partial charge in [-0.1, -0.05) is 40.2 Å². The predicted octanol–water partition coefficient (Wildman–Crippen LogP) is 2.23. The van der Waals surface area contributed by atoms with Gasteiger partial charge in [0.25, 0.3) is 0 Å². The molecule has 0 aromatic heterocycles. The lowest BCUT2D eigenvalue weighted by Crippen LogP contribution is -2.72. The Morgan fingerprint density at radius 3 is 2.11 bits per heavy atom. The molecule has 4 heterocycles. The minimum atomic E-state index is -1.61. The molecule has 4 aliphatic heterocycles. The average Bonchev–Trinajstić information content (AvgIpc) is 3.08. The van der Waals surface area contributed by atoms with Crippen LogP contribution in [-0.2, 0) is 28.5 Å². The quantitative estimate of drug-likeness (QED) is 0.125. The Kier molecular flexibility index (Phi) is 9.09. The zero-order valence-electron chi connectivity index (χ0n) is 33.2. The molecule has 4 saturated heterocycles. The number of hydrogen-bond donors (Lipinski definition) is 7. The van der Waals surface area contributed by atoms with Gasteiger partial charge in [-0.2, -0.15) is 0 Å². The van der Waals surface area contributed by atoms with Crippen molar-refractivity contribution in [1.29, 1.82) is 0 Å². The van der Waals surface area contributed by atoms with E-state index in [2.05, 4.69) is 34.6 Å². The highest BCUT2D eigenvalue weighted by atomic mass is 16.8. The SMILES string of the molecule is C[C@@H]1O[C@@H](O[C@H]2[C@H](O[C@H]3CC[C@]4(C)[C@H]5[C@@H](O)CC6=C7[C@]8(CC[C@](C)(OC8=O)[C@@]7(C)O)CC[C@@]6(C)[C@]5(C)CC[C@H]4C3(C)C)OC[C@H](O)[C@@H]2O)[C@H](O)[C@H](O)[C@H]1O. The summed E-state index contributed by atoms with van der Waals surface area (Å²) in [6, 6.07) is 0. The summed E-state index contributed by atoms with van der Waals surface area (Å²) in [6.07, 6.45) is -6.74. The van der Waals surface area contributed by atoms with E-state index in [1.165, 1.54) is 6.92 Å². The number of carbonyl (C=O) groups excluding carboxylic acids is 1. The first kappa shape index (κ1) is 39.6. The molecular formula is C41H64O13. The van der Waals surface area contributed by atoms with Crippen molar-refractivity contribution in [2.24, 2.45) is 38.9 Å². The molecule has 54 heavy (non-hydrogen) atoms. The van der Waals surface area contributed by atoms with Crippen molar-refractivity contribution in [3.8, 4) is 0 Å². The van der Waals surface area contributed by atoms with Gasteiger partial charge in [-0.15, -0.1) is 0 Å². The maximum atomic E-state index is 13.7. The van der Waals surface area contributed by atoms with Crippen molar-refractivity contribution in [3.63, 3.8) is 0 Å². The molecule has 0 radical (unpaired) electrons. The Bertz CT molecular complexity index is 1560. The summed E-state index contributed by atoms with van der Waals surface area (Å²) >= 11 is 0. The Morgan fingerprint density at radius 2 is 1.43 bits per heavy atom. The molecular weight excluding hydrogens is 700 g/mol. The largest absolute Gasteiger partial charge is 0.455 e. The number of aliphatic hydroxyl groups is 7. The molecule has 0 amide bonds. The monoisotopic (exact) mass is 764 g/mol. The minimum Gasteiger partial charge on any atom is -0.455 e. The fourth-order valence-electron chi connectivity index (χ4n) is 14.0. The number of ether oxygens (including phenoxy) is 5. The number of fused-ring (bicyclic) bond motifs is 7. The number of aliphatic hydroxyl groups excluding tert-OH is 6. The maximum Gasteiger partial charge on any atom is 0.316 e. The van der Waals surface area contributed by atoms with Crippen LogP contribution in [0.25, 0.3) is 0 Å².